The maximum atomic E-state index is 13.0. The second-order valence-electron chi connectivity index (χ2n) is 7.13. The zero-order valence-electron chi connectivity index (χ0n) is 15.8. The van der Waals surface area contributed by atoms with Gasteiger partial charge >= 0.3 is 0 Å². The van der Waals surface area contributed by atoms with Crippen LogP contribution < -0.4 is 15.5 Å². The second-order valence-corrected chi connectivity index (χ2v) is 7.13. The van der Waals surface area contributed by atoms with E-state index in [2.05, 4.69) is 20.4 Å². The highest BCUT2D eigenvalue weighted by Gasteiger charge is 2.26. The Hall–Kier alpha value is -1.08. The Bertz CT molecular complexity index is 561. The average molecular weight is 421 g/mol. The van der Waals surface area contributed by atoms with E-state index in [1.54, 1.807) is 0 Å². The number of nitrogens with zero attached hydrogens (tertiary/aromatic N) is 2. The van der Waals surface area contributed by atoms with Crippen molar-refractivity contribution in [2.24, 2.45) is 5.92 Å². The molecule has 0 radical (unpaired) electrons. The Kier molecular flexibility index (Phi) is 10.4. The number of hydrogen-bond donors (Lipinski definition) is 2. The largest absolute Gasteiger partial charge is 0.369 e. The fourth-order valence-corrected chi connectivity index (χ4v) is 3.68. The van der Waals surface area contributed by atoms with Crippen LogP contribution in [0.4, 0.5) is 10.1 Å². The van der Waals surface area contributed by atoms with Crippen LogP contribution in [0.3, 0.4) is 0 Å². The Morgan fingerprint density at radius 2 is 1.89 bits per heavy atom. The number of piperazine rings is 1. The fraction of sp³-hybridized carbons (Fsp3) is 0.632. The molecule has 2 atom stereocenters. The molecule has 2 saturated heterocycles. The number of anilines is 1. The van der Waals surface area contributed by atoms with Crippen molar-refractivity contribution in [2.75, 3.05) is 50.7 Å². The molecule has 0 spiro atoms. The van der Waals surface area contributed by atoms with Gasteiger partial charge in [0.1, 0.15) is 5.82 Å². The summed E-state index contributed by atoms with van der Waals surface area (Å²) in [6, 6.07) is 6.53. The Morgan fingerprint density at radius 1 is 1.22 bits per heavy atom. The molecule has 1 aromatic carbocycles. The van der Waals surface area contributed by atoms with E-state index < -0.39 is 0 Å². The summed E-state index contributed by atoms with van der Waals surface area (Å²) in [5, 5.41) is 6.51. The summed E-state index contributed by atoms with van der Waals surface area (Å²) in [4.78, 5) is 16.9. The molecule has 5 nitrogen and oxygen atoms in total. The number of piperidine rings is 1. The van der Waals surface area contributed by atoms with Crippen molar-refractivity contribution in [3.05, 3.63) is 30.1 Å². The number of amides is 1. The van der Waals surface area contributed by atoms with Gasteiger partial charge in [-0.2, -0.15) is 0 Å². The fourth-order valence-electron chi connectivity index (χ4n) is 3.68. The molecule has 154 valence electrons. The highest BCUT2D eigenvalue weighted by atomic mass is 35.5. The van der Waals surface area contributed by atoms with Gasteiger partial charge in [-0.05, 0) is 63.0 Å². The van der Waals surface area contributed by atoms with E-state index in [0.717, 1.165) is 51.5 Å². The molecule has 0 saturated carbocycles. The van der Waals surface area contributed by atoms with Gasteiger partial charge in [0.05, 0.1) is 6.04 Å². The number of nitrogens with one attached hydrogen (secondary N) is 2. The smallest absolute Gasteiger partial charge is 0.237 e. The summed E-state index contributed by atoms with van der Waals surface area (Å²) in [5.74, 6) is 0.474. The predicted molar refractivity (Wildman–Crippen MR) is 113 cm³/mol. The van der Waals surface area contributed by atoms with Gasteiger partial charge in [-0.15, -0.1) is 24.8 Å². The van der Waals surface area contributed by atoms with E-state index in [4.69, 9.17) is 0 Å². The van der Waals surface area contributed by atoms with Crippen LogP contribution in [0, 0.1) is 11.7 Å². The highest BCUT2D eigenvalue weighted by Crippen LogP contribution is 2.18. The van der Waals surface area contributed by atoms with Gasteiger partial charge < -0.3 is 15.5 Å². The molecular formula is C19H31Cl2FN4O. The quantitative estimate of drug-likeness (QED) is 0.766. The molecule has 3 rings (SSSR count). The van der Waals surface area contributed by atoms with Crippen molar-refractivity contribution >= 4 is 36.4 Å². The van der Waals surface area contributed by atoms with E-state index >= 15 is 0 Å². The normalized spacial score (nSPS) is 21.6. The Balaban J connectivity index is 0.00000182. The number of halogens is 3. The first-order valence-electron chi connectivity index (χ1n) is 9.36. The molecule has 2 heterocycles. The lowest BCUT2D eigenvalue weighted by atomic mass is 9.99. The number of benzene rings is 1. The third-order valence-electron chi connectivity index (χ3n) is 5.40. The molecule has 1 amide bonds. The summed E-state index contributed by atoms with van der Waals surface area (Å²) in [5.41, 5.74) is 1.04. The number of rotatable bonds is 5. The second kappa shape index (κ2) is 11.7. The molecule has 2 aliphatic rings. The SMILES string of the molecule is CC(C(=O)NCC1CCCNC1)N1CCN(c2ccc(F)cc2)CC1.Cl.Cl. The van der Waals surface area contributed by atoms with E-state index in [1.165, 1.54) is 25.0 Å². The standard InChI is InChI=1S/C19H29FN4O.2ClH/c1-15(19(25)22-14-16-3-2-8-21-13-16)23-9-11-24(12-10-23)18-6-4-17(20)5-7-18;;/h4-7,15-16,21H,2-3,8-14H2,1H3,(H,22,25);2*1H. The minimum Gasteiger partial charge on any atom is -0.369 e. The van der Waals surface area contributed by atoms with Crippen molar-refractivity contribution in [1.29, 1.82) is 0 Å². The van der Waals surface area contributed by atoms with Crippen molar-refractivity contribution < 1.29 is 9.18 Å². The molecule has 2 N–H and O–H groups in total. The summed E-state index contributed by atoms with van der Waals surface area (Å²) in [6.45, 7) is 8.26. The summed E-state index contributed by atoms with van der Waals surface area (Å²) >= 11 is 0. The average Bonchev–Trinajstić information content (AvgIpc) is 2.67. The first-order chi connectivity index (χ1) is 12.1. The van der Waals surface area contributed by atoms with Crippen LogP contribution in [0.15, 0.2) is 24.3 Å². The van der Waals surface area contributed by atoms with E-state index in [1.807, 2.05) is 19.1 Å². The van der Waals surface area contributed by atoms with E-state index in [-0.39, 0.29) is 42.6 Å². The Labute approximate surface area is 173 Å². The van der Waals surface area contributed by atoms with Crippen molar-refractivity contribution in [3.8, 4) is 0 Å². The lowest BCUT2D eigenvalue weighted by Crippen LogP contribution is -2.54. The van der Waals surface area contributed by atoms with Gasteiger partial charge in [0.25, 0.3) is 0 Å². The molecule has 27 heavy (non-hydrogen) atoms. The summed E-state index contributed by atoms with van der Waals surface area (Å²) < 4.78 is 13.0. The van der Waals surface area contributed by atoms with Gasteiger partial charge in [-0.25, -0.2) is 4.39 Å². The zero-order chi connectivity index (χ0) is 17.6. The van der Waals surface area contributed by atoms with Crippen LogP contribution in [-0.2, 0) is 4.79 Å². The van der Waals surface area contributed by atoms with Crippen LogP contribution in [0.5, 0.6) is 0 Å². The summed E-state index contributed by atoms with van der Waals surface area (Å²) in [6.07, 6.45) is 2.39. The zero-order valence-corrected chi connectivity index (χ0v) is 17.5. The van der Waals surface area contributed by atoms with Crippen LogP contribution in [-0.4, -0.2) is 62.7 Å². The first-order valence-corrected chi connectivity index (χ1v) is 9.36. The predicted octanol–water partition coefficient (Wildman–Crippen LogP) is 2.30. The van der Waals surface area contributed by atoms with Crippen molar-refractivity contribution in [2.45, 2.75) is 25.8 Å². The number of carbonyl (C=O) groups excluding carboxylic acids is 1. The van der Waals surface area contributed by atoms with Crippen LogP contribution >= 0.6 is 24.8 Å². The molecule has 0 aliphatic carbocycles. The Morgan fingerprint density at radius 3 is 2.48 bits per heavy atom. The number of carbonyl (C=O) groups is 1. The van der Waals surface area contributed by atoms with Gasteiger partial charge in [-0.3, -0.25) is 9.69 Å². The molecule has 0 aromatic heterocycles. The molecule has 8 heteroatoms. The topological polar surface area (TPSA) is 47.6 Å². The van der Waals surface area contributed by atoms with Crippen molar-refractivity contribution in [1.82, 2.24) is 15.5 Å². The minimum atomic E-state index is -0.208. The van der Waals surface area contributed by atoms with Gasteiger partial charge in [0.2, 0.25) is 5.91 Å². The van der Waals surface area contributed by atoms with Crippen molar-refractivity contribution in [3.63, 3.8) is 0 Å². The molecular weight excluding hydrogens is 390 g/mol. The third-order valence-corrected chi connectivity index (χ3v) is 5.40. The minimum absolute atomic E-state index is 0. The molecule has 0 bridgehead atoms. The number of hydrogen-bond acceptors (Lipinski definition) is 4. The molecule has 2 unspecified atom stereocenters. The monoisotopic (exact) mass is 420 g/mol. The summed E-state index contributed by atoms with van der Waals surface area (Å²) in [7, 11) is 0. The maximum Gasteiger partial charge on any atom is 0.237 e. The van der Waals surface area contributed by atoms with Gasteiger partial charge in [0.15, 0.2) is 0 Å². The lowest BCUT2D eigenvalue weighted by Gasteiger charge is -2.38. The van der Waals surface area contributed by atoms with E-state index in [0.29, 0.717) is 5.92 Å². The maximum absolute atomic E-state index is 13.0. The van der Waals surface area contributed by atoms with Crippen LogP contribution in [0.2, 0.25) is 0 Å². The lowest BCUT2D eigenvalue weighted by molar-refractivity contribution is -0.126. The van der Waals surface area contributed by atoms with Crippen LogP contribution in [0.1, 0.15) is 19.8 Å². The van der Waals surface area contributed by atoms with Crippen LogP contribution in [0.25, 0.3) is 0 Å². The molecule has 2 fully saturated rings. The van der Waals surface area contributed by atoms with E-state index in [9.17, 15) is 9.18 Å². The first kappa shape index (κ1) is 24.0. The molecule has 1 aromatic rings. The molecule has 2 aliphatic heterocycles. The third kappa shape index (κ3) is 6.79. The van der Waals surface area contributed by atoms with Gasteiger partial charge in [0, 0.05) is 38.4 Å². The van der Waals surface area contributed by atoms with Gasteiger partial charge in [-0.1, -0.05) is 0 Å². The highest BCUT2D eigenvalue weighted by molar-refractivity contribution is 5.85.